The van der Waals surface area contributed by atoms with Crippen LogP contribution >= 0.6 is 0 Å². The van der Waals surface area contributed by atoms with Crippen molar-refractivity contribution in [3.8, 4) is 11.4 Å². The fraction of sp³-hybridized carbons (Fsp3) is 0.0769. The standard InChI is InChI=1S/C13H10N4O2/c1-8-2-7-11-14-15-12(17(11)16-8)9-3-5-10(6-4-9)13(18)19/h2-7H,1H3,(H,18,19). The van der Waals surface area contributed by atoms with E-state index in [1.807, 2.05) is 19.1 Å². The van der Waals surface area contributed by atoms with Crippen LogP contribution in [0.3, 0.4) is 0 Å². The fourth-order valence-corrected chi connectivity index (χ4v) is 1.82. The molecule has 0 atom stereocenters. The maximum Gasteiger partial charge on any atom is 0.335 e. The molecule has 0 spiro atoms. The minimum Gasteiger partial charge on any atom is -0.478 e. The topological polar surface area (TPSA) is 80.4 Å². The summed E-state index contributed by atoms with van der Waals surface area (Å²) < 4.78 is 1.64. The summed E-state index contributed by atoms with van der Waals surface area (Å²) in [5.74, 6) is -0.359. The number of aryl methyl sites for hydroxylation is 1. The monoisotopic (exact) mass is 254 g/mol. The van der Waals surface area contributed by atoms with Crippen LogP contribution in [0.2, 0.25) is 0 Å². The van der Waals surface area contributed by atoms with Crippen molar-refractivity contribution in [3.63, 3.8) is 0 Å². The predicted molar refractivity (Wildman–Crippen MR) is 67.9 cm³/mol. The minimum atomic E-state index is -0.952. The summed E-state index contributed by atoms with van der Waals surface area (Å²) in [4.78, 5) is 10.8. The average molecular weight is 254 g/mol. The van der Waals surface area contributed by atoms with Gasteiger partial charge in [-0.25, -0.2) is 4.79 Å². The summed E-state index contributed by atoms with van der Waals surface area (Å²) in [5, 5.41) is 21.3. The fourth-order valence-electron chi connectivity index (χ4n) is 1.82. The molecule has 0 amide bonds. The van der Waals surface area contributed by atoms with Crippen molar-refractivity contribution >= 4 is 11.6 Å². The van der Waals surface area contributed by atoms with E-state index in [0.717, 1.165) is 11.3 Å². The maximum atomic E-state index is 10.8. The van der Waals surface area contributed by atoms with Gasteiger partial charge >= 0.3 is 5.97 Å². The first-order valence-electron chi connectivity index (χ1n) is 5.68. The van der Waals surface area contributed by atoms with Crippen molar-refractivity contribution in [2.75, 3.05) is 0 Å². The number of benzene rings is 1. The minimum absolute atomic E-state index is 0.238. The maximum absolute atomic E-state index is 10.8. The van der Waals surface area contributed by atoms with Crippen molar-refractivity contribution in [1.82, 2.24) is 19.8 Å². The molecule has 0 radical (unpaired) electrons. The van der Waals surface area contributed by atoms with E-state index in [1.54, 1.807) is 16.6 Å². The molecule has 19 heavy (non-hydrogen) atoms. The van der Waals surface area contributed by atoms with Gasteiger partial charge < -0.3 is 5.11 Å². The highest BCUT2D eigenvalue weighted by Gasteiger charge is 2.10. The molecule has 1 aromatic carbocycles. The van der Waals surface area contributed by atoms with Gasteiger partial charge in [-0.2, -0.15) is 9.61 Å². The van der Waals surface area contributed by atoms with E-state index in [1.165, 1.54) is 12.1 Å². The second kappa shape index (κ2) is 4.16. The van der Waals surface area contributed by atoms with E-state index in [9.17, 15) is 4.79 Å². The first-order chi connectivity index (χ1) is 9.15. The first kappa shape index (κ1) is 11.3. The summed E-state index contributed by atoms with van der Waals surface area (Å²) in [6, 6.07) is 10.2. The number of aromatic nitrogens is 4. The molecule has 0 saturated heterocycles. The molecule has 0 fully saturated rings. The summed E-state index contributed by atoms with van der Waals surface area (Å²) in [6.45, 7) is 1.89. The zero-order chi connectivity index (χ0) is 13.4. The van der Waals surface area contributed by atoms with Crippen LogP contribution in [0.1, 0.15) is 16.1 Å². The van der Waals surface area contributed by atoms with Crippen LogP contribution in [-0.4, -0.2) is 30.9 Å². The lowest BCUT2D eigenvalue weighted by Crippen LogP contribution is -1.98. The van der Waals surface area contributed by atoms with Gasteiger partial charge in [-0.3, -0.25) is 0 Å². The molecule has 0 aliphatic rings. The number of carboxylic acids is 1. The van der Waals surface area contributed by atoms with Crippen LogP contribution in [-0.2, 0) is 0 Å². The zero-order valence-corrected chi connectivity index (χ0v) is 10.1. The van der Waals surface area contributed by atoms with E-state index in [-0.39, 0.29) is 5.56 Å². The van der Waals surface area contributed by atoms with Gasteiger partial charge in [-0.05, 0) is 31.2 Å². The second-order valence-electron chi connectivity index (χ2n) is 4.15. The molecule has 0 aliphatic carbocycles. The molecule has 3 rings (SSSR count). The summed E-state index contributed by atoms with van der Waals surface area (Å²) in [6.07, 6.45) is 0. The van der Waals surface area contributed by atoms with Crippen molar-refractivity contribution in [1.29, 1.82) is 0 Å². The first-order valence-corrected chi connectivity index (χ1v) is 5.68. The summed E-state index contributed by atoms with van der Waals surface area (Å²) in [5.41, 5.74) is 2.52. The van der Waals surface area contributed by atoms with Crippen LogP contribution in [0.25, 0.3) is 17.0 Å². The molecular weight excluding hydrogens is 244 g/mol. The highest BCUT2D eigenvalue weighted by Crippen LogP contribution is 2.18. The number of aromatic carboxylic acids is 1. The van der Waals surface area contributed by atoms with Crippen LogP contribution in [0, 0.1) is 6.92 Å². The summed E-state index contributed by atoms with van der Waals surface area (Å²) >= 11 is 0. The van der Waals surface area contributed by atoms with Crippen molar-refractivity contribution in [2.45, 2.75) is 6.92 Å². The number of carbonyl (C=O) groups is 1. The number of hydrogen-bond donors (Lipinski definition) is 1. The van der Waals surface area contributed by atoms with Crippen LogP contribution in [0.15, 0.2) is 36.4 Å². The Balaban J connectivity index is 2.13. The highest BCUT2D eigenvalue weighted by atomic mass is 16.4. The number of carboxylic acid groups (broad SMARTS) is 1. The lowest BCUT2D eigenvalue weighted by molar-refractivity contribution is 0.0697. The Morgan fingerprint density at radius 2 is 1.84 bits per heavy atom. The molecule has 6 nitrogen and oxygen atoms in total. The van der Waals surface area contributed by atoms with Gasteiger partial charge in [0.05, 0.1) is 11.3 Å². The SMILES string of the molecule is Cc1ccc2nnc(-c3ccc(C(=O)O)cc3)n2n1. The van der Waals surface area contributed by atoms with Gasteiger partial charge in [0.1, 0.15) is 0 Å². The zero-order valence-electron chi connectivity index (χ0n) is 10.1. The predicted octanol–water partition coefficient (Wildman–Crippen LogP) is 1.80. The van der Waals surface area contributed by atoms with E-state index in [0.29, 0.717) is 11.5 Å². The molecule has 2 aromatic heterocycles. The molecule has 2 heterocycles. The van der Waals surface area contributed by atoms with E-state index in [2.05, 4.69) is 15.3 Å². The third-order valence-corrected chi connectivity index (χ3v) is 2.79. The number of rotatable bonds is 2. The number of hydrogen-bond acceptors (Lipinski definition) is 4. The van der Waals surface area contributed by atoms with Gasteiger partial charge in [0.15, 0.2) is 11.5 Å². The summed E-state index contributed by atoms with van der Waals surface area (Å²) in [7, 11) is 0. The molecule has 6 heteroatoms. The lowest BCUT2D eigenvalue weighted by atomic mass is 10.1. The van der Waals surface area contributed by atoms with Gasteiger partial charge in [-0.1, -0.05) is 12.1 Å². The van der Waals surface area contributed by atoms with Crippen LogP contribution < -0.4 is 0 Å². The molecule has 0 saturated carbocycles. The van der Waals surface area contributed by atoms with Crippen LogP contribution in [0.5, 0.6) is 0 Å². The van der Waals surface area contributed by atoms with Crippen molar-refractivity contribution in [2.24, 2.45) is 0 Å². The van der Waals surface area contributed by atoms with E-state index >= 15 is 0 Å². The molecule has 94 valence electrons. The Morgan fingerprint density at radius 3 is 2.53 bits per heavy atom. The third-order valence-electron chi connectivity index (χ3n) is 2.79. The Labute approximate surface area is 108 Å². The Bertz CT molecular complexity index is 762. The van der Waals surface area contributed by atoms with Gasteiger partial charge in [-0.15, -0.1) is 10.2 Å². The van der Waals surface area contributed by atoms with Crippen molar-refractivity contribution in [3.05, 3.63) is 47.7 Å². The Morgan fingerprint density at radius 1 is 1.11 bits per heavy atom. The van der Waals surface area contributed by atoms with Gasteiger partial charge in [0.25, 0.3) is 0 Å². The van der Waals surface area contributed by atoms with Crippen LogP contribution in [0.4, 0.5) is 0 Å². The quantitative estimate of drug-likeness (QED) is 0.754. The van der Waals surface area contributed by atoms with Gasteiger partial charge in [0, 0.05) is 5.56 Å². The number of nitrogens with zero attached hydrogens (tertiary/aromatic N) is 4. The second-order valence-corrected chi connectivity index (χ2v) is 4.15. The van der Waals surface area contributed by atoms with E-state index in [4.69, 9.17) is 5.11 Å². The lowest BCUT2D eigenvalue weighted by Gasteiger charge is -2.00. The molecular formula is C13H10N4O2. The highest BCUT2D eigenvalue weighted by molar-refractivity contribution is 5.88. The molecule has 1 N–H and O–H groups in total. The van der Waals surface area contributed by atoms with Gasteiger partial charge in [0.2, 0.25) is 0 Å². The smallest absolute Gasteiger partial charge is 0.335 e. The average Bonchev–Trinajstić information content (AvgIpc) is 2.81. The van der Waals surface area contributed by atoms with E-state index < -0.39 is 5.97 Å². The third kappa shape index (κ3) is 1.93. The normalized spacial score (nSPS) is 10.8. The Hall–Kier alpha value is -2.76. The number of fused-ring (bicyclic) bond motifs is 1. The molecule has 0 unspecified atom stereocenters. The Kier molecular flexibility index (Phi) is 2.49. The molecule has 0 bridgehead atoms. The molecule has 0 aliphatic heterocycles. The van der Waals surface area contributed by atoms with Crippen molar-refractivity contribution < 1.29 is 9.90 Å². The largest absolute Gasteiger partial charge is 0.478 e. The molecule has 3 aromatic rings.